The molecule has 0 amide bonds. The highest BCUT2D eigenvalue weighted by Crippen LogP contribution is 1.96. The molecule has 0 aliphatic heterocycles. The second-order valence-electron chi connectivity index (χ2n) is 2.59. The second-order valence-corrected chi connectivity index (χ2v) is 2.59. The van der Waals surface area contributed by atoms with Gasteiger partial charge in [-0.1, -0.05) is 13.3 Å². The highest BCUT2D eigenvalue weighted by Gasteiger charge is 1.91. The first-order valence-electron chi connectivity index (χ1n) is 4.26. The average Bonchev–Trinajstić information content (AvgIpc) is 2.13. The van der Waals surface area contributed by atoms with Crippen LogP contribution in [0.3, 0.4) is 0 Å². The van der Waals surface area contributed by atoms with Crippen molar-refractivity contribution in [3.05, 3.63) is 22.7 Å². The number of anilines is 1. The summed E-state index contributed by atoms with van der Waals surface area (Å²) < 4.78 is 0. The molecule has 1 aromatic heterocycles. The first-order chi connectivity index (χ1) is 6.33. The van der Waals surface area contributed by atoms with Crippen molar-refractivity contribution in [3.63, 3.8) is 0 Å². The van der Waals surface area contributed by atoms with Crippen molar-refractivity contribution < 1.29 is 4.84 Å². The molecule has 0 aliphatic carbocycles. The molecule has 1 rings (SSSR count). The Kier molecular flexibility index (Phi) is 3.98. The molecule has 0 aromatic carbocycles. The van der Waals surface area contributed by atoms with E-state index in [2.05, 4.69) is 22.4 Å². The summed E-state index contributed by atoms with van der Waals surface area (Å²) >= 11 is 0. The first-order valence-corrected chi connectivity index (χ1v) is 4.26. The fourth-order valence-electron chi connectivity index (χ4n) is 0.773. The lowest BCUT2D eigenvalue weighted by Gasteiger charge is -2.04. The average molecular weight is 183 g/mol. The molecular formula is C8H13N3O2. The molecule has 1 heterocycles. The highest BCUT2D eigenvalue weighted by atomic mass is 16.6. The van der Waals surface area contributed by atoms with Crippen LogP contribution < -0.4 is 11.2 Å². The Balaban J connectivity index is 2.33. The van der Waals surface area contributed by atoms with Gasteiger partial charge in [0, 0.05) is 6.20 Å². The predicted molar refractivity (Wildman–Crippen MR) is 49.3 cm³/mol. The molecule has 5 nitrogen and oxygen atoms in total. The minimum absolute atomic E-state index is 0.385. The quantitative estimate of drug-likeness (QED) is 0.526. The largest absolute Gasteiger partial charge is 0.346 e. The fraction of sp³-hybridized carbons (Fsp3) is 0.500. The van der Waals surface area contributed by atoms with Crippen LogP contribution in [-0.4, -0.2) is 16.6 Å². The summed E-state index contributed by atoms with van der Waals surface area (Å²) in [6.07, 6.45) is 3.49. The lowest BCUT2D eigenvalue weighted by molar-refractivity contribution is 0.188. The zero-order valence-corrected chi connectivity index (χ0v) is 7.54. The topological polar surface area (TPSA) is 67.0 Å². The van der Waals surface area contributed by atoms with Crippen molar-refractivity contribution in [1.29, 1.82) is 0 Å². The molecule has 0 aliphatic rings. The van der Waals surface area contributed by atoms with Gasteiger partial charge in [-0.25, -0.2) is 9.78 Å². The van der Waals surface area contributed by atoms with Crippen molar-refractivity contribution >= 4 is 5.82 Å². The maximum absolute atomic E-state index is 10.7. The van der Waals surface area contributed by atoms with Gasteiger partial charge in [0.25, 0.3) is 0 Å². The molecule has 0 spiro atoms. The molecule has 0 bridgehead atoms. The third-order valence-corrected chi connectivity index (χ3v) is 1.46. The molecule has 0 unspecified atom stereocenters. The fourth-order valence-corrected chi connectivity index (χ4v) is 0.773. The van der Waals surface area contributed by atoms with Crippen LogP contribution in [0, 0.1) is 0 Å². The van der Waals surface area contributed by atoms with Gasteiger partial charge in [0.2, 0.25) is 0 Å². The van der Waals surface area contributed by atoms with E-state index in [-0.39, 0.29) is 5.69 Å². The van der Waals surface area contributed by atoms with Crippen LogP contribution in [-0.2, 0) is 4.84 Å². The van der Waals surface area contributed by atoms with Gasteiger partial charge in [-0.15, -0.1) is 0 Å². The summed E-state index contributed by atoms with van der Waals surface area (Å²) in [5.74, 6) is 0.524. The third kappa shape index (κ3) is 3.71. The van der Waals surface area contributed by atoms with Crippen LogP contribution in [0.5, 0.6) is 0 Å². The Hall–Kier alpha value is -1.36. The Morgan fingerprint density at radius 2 is 2.54 bits per heavy atom. The van der Waals surface area contributed by atoms with E-state index in [1.807, 2.05) is 0 Å². The predicted octanol–water partition coefficient (Wildman–Crippen LogP) is 0.913. The van der Waals surface area contributed by atoms with Crippen LogP contribution in [0.25, 0.3) is 0 Å². The lowest BCUT2D eigenvalue weighted by Crippen LogP contribution is -2.13. The summed E-state index contributed by atoms with van der Waals surface area (Å²) in [5.41, 5.74) is 2.24. The molecule has 13 heavy (non-hydrogen) atoms. The number of aromatic amines is 1. The van der Waals surface area contributed by atoms with Gasteiger partial charge in [-0.05, 0) is 12.5 Å². The van der Waals surface area contributed by atoms with Gasteiger partial charge in [0.1, 0.15) is 5.82 Å². The maximum Gasteiger partial charge on any atom is 0.346 e. The van der Waals surface area contributed by atoms with Crippen LogP contribution in [0.1, 0.15) is 19.8 Å². The van der Waals surface area contributed by atoms with E-state index in [1.54, 1.807) is 6.07 Å². The minimum Gasteiger partial charge on any atom is -0.291 e. The maximum atomic E-state index is 10.7. The molecule has 72 valence electrons. The van der Waals surface area contributed by atoms with Gasteiger partial charge in [0.05, 0.1) is 6.61 Å². The molecule has 0 saturated carbocycles. The van der Waals surface area contributed by atoms with Crippen LogP contribution in [0.15, 0.2) is 17.1 Å². The van der Waals surface area contributed by atoms with E-state index in [4.69, 9.17) is 4.84 Å². The molecule has 1 aromatic rings. The molecule has 0 fully saturated rings. The molecule has 0 atom stereocenters. The van der Waals surface area contributed by atoms with Gasteiger partial charge in [-0.3, -0.25) is 15.3 Å². The monoisotopic (exact) mass is 183 g/mol. The molecule has 5 heteroatoms. The van der Waals surface area contributed by atoms with Crippen LogP contribution in [0.2, 0.25) is 0 Å². The summed E-state index contributed by atoms with van der Waals surface area (Å²) in [6, 6.07) is 1.63. The summed E-state index contributed by atoms with van der Waals surface area (Å²) in [4.78, 5) is 21.7. The SMILES string of the molecule is CCCCONc1ccnc(=O)[nH]1. The highest BCUT2D eigenvalue weighted by molar-refractivity contribution is 5.27. The van der Waals surface area contributed by atoms with Crippen LogP contribution in [0.4, 0.5) is 5.82 Å². The van der Waals surface area contributed by atoms with Crippen molar-refractivity contribution in [3.8, 4) is 0 Å². The Morgan fingerprint density at radius 3 is 3.23 bits per heavy atom. The number of hydrogen-bond acceptors (Lipinski definition) is 4. The lowest BCUT2D eigenvalue weighted by atomic mass is 10.4. The number of unbranched alkanes of at least 4 members (excludes halogenated alkanes) is 1. The Labute approximate surface area is 76.1 Å². The van der Waals surface area contributed by atoms with E-state index >= 15 is 0 Å². The summed E-state index contributed by atoms with van der Waals surface area (Å²) in [7, 11) is 0. The minimum atomic E-state index is -0.385. The van der Waals surface area contributed by atoms with Gasteiger partial charge in [0.15, 0.2) is 0 Å². The Bertz CT molecular complexity index is 297. The van der Waals surface area contributed by atoms with Crippen LogP contribution >= 0.6 is 0 Å². The number of nitrogens with one attached hydrogen (secondary N) is 2. The zero-order valence-electron chi connectivity index (χ0n) is 7.54. The van der Waals surface area contributed by atoms with Gasteiger partial charge >= 0.3 is 5.69 Å². The van der Waals surface area contributed by atoms with Crippen molar-refractivity contribution in [2.45, 2.75) is 19.8 Å². The van der Waals surface area contributed by atoms with E-state index in [9.17, 15) is 4.79 Å². The standard InChI is InChI=1S/C8H13N3O2/c1-2-3-6-13-11-7-4-5-9-8(12)10-7/h4-5H,2-3,6H2,1H3,(H2,9,10,11,12). The normalized spacial score (nSPS) is 9.92. The van der Waals surface area contributed by atoms with E-state index in [1.165, 1.54) is 6.20 Å². The smallest absolute Gasteiger partial charge is 0.291 e. The molecule has 2 N–H and O–H groups in total. The number of aromatic nitrogens is 2. The number of rotatable bonds is 5. The second kappa shape index (κ2) is 5.31. The van der Waals surface area contributed by atoms with Gasteiger partial charge < -0.3 is 0 Å². The van der Waals surface area contributed by atoms with Crippen molar-refractivity contribution in [1.82, 2.24) is 9.97 Å². The van der Waals surface area contributed by atoms with E-state index in [0.717, 1.165) is 12.8 Å². The summed E-state index contributed by atoms with van der Waals surface area (Å²) in [5, 5.41) is 0. The van der Waals surface area contributed by atoms with Crippen molar-refractivity contribution in [2.24, 2.45) is 0 Å². The zero-order chi connectivity index (χ0) is 9.52. The molecule has 0 saturated heterocycles. The Morgan fingerprint density at radius 1 is 1.69 bits per heavy atom. The molecular weight excluding hydrogens is 170 g/mol. The number of nitrogens with zero attached hydrogens (tertiary/aromatic N) is 1. The summed E-state index contributed by atoms with van der Waals surface area (Å²) in [6.45, 7) is 2.71. The van der Waals surface area contributed by atoms with E-state index < -0.39 is 0 Å². The van der Waals surface area contributed by atoms with E-state index in [0.29, 0.717) is 12.4 Å². The number of H-pyrrole nitrogens is 1. The van der Waals surface area contributed by atoms with Gasteiger partial charge in [-0.2, -0.15) is 0 Å². The first kappa shape index (κ1) is 9.73. The molecule has 0 radical (unpaired) electrons. The van der Waals surface area contributed by atoms with Crippen molar-refractivity contribution in [2.75, 3.05) is 12.1 Å². The number of hydrogen-bond donors (Lipinski definition) is 2. The third-order valence-electron chi connectivity index (χ3n) is 1.46.